The molecule has 0 unspecified atom stereocenters. The average Bonchev–Trinajstić information content (AvgIpc) is 2.87. The van der Waals surface area contributed by atoms with Crippen LogP contribution in [0.4, 0.5) is 13.2 Å². The summed E-state index contributed by atoms with van der Waals surface area (Å²) in [6.07, 6.45) is -0.796. The van der Waals surface area contributed by atoms with Crippen molar-refractivity contribution in [2.75, 3.05) is 39.4 Å². The zero-order valence-electron chi connectivity index (χ0n) is 19.7. The van der Waals surface area contributed by atoms with Crippen LogP contribution in [0.15, 0.2) is 48.5 Å². The molecular formula is C27H33F3N2O2. The van der Waals surface area contributed by atoms with Gasteiger partial charge in [-0.05, 0) is 87.0 Å². The van der Waals surface area contributed by atoms with Gasteiger partial charge in [0.2, 0.25) is 0 Å². The van der Waals surface area contributed by atoms with Gasteiger partial charge in [-0.15, -0.1) is 0 Å². The van der Waals surface area contributed by atoms with Gasteiger partial charge in [-0.3, -0.25) is 4.79 Å². The fraction of sp³-hybridized carbons (Fsp3) is 0.519. The Morgan fingerprint density at radius 2 is 1.65 bits per heavy atom. The number of hydrogen-bond donors (Lipinski definition) is 1. The summed E-state index contributed by atoms with van der Waals surface area (Å²) in [5.41, 5.74) is 2.17. The number of rotatable bonds is 6. The maximum atomic E-state index is 13.1. The van der Waals surface area contributed by atoms with E-state index in [2.05, 4.69) is 17.4 Å². The van der Waals surface area contributed by atoms with Crippen molar-refractivity contribution in [3.05, 3.63) is 70.8 Å². The molecule has 1 amide bonds. The van der Waals surface area contributed by atoms with Gasteiger partial charge in [0.25, 0.3) is 5.91 Å². The minimum absolute atomic E-state index is 0.0111. The molecule has 2 aliphatic heterocycles. The van der Waals surface area contributed by atoms with Crippen molar-refractivity contribution in [3.63, 3.8) is 0 Å². The number of hydrogen-bond acceptors (Lipinski definition) is 3. The van der Waals surface area contributed by atoms with Crippen LogP contribution in [0.2, 0.25) is 0 Å². The van der Waals surface area contributed by atoms with Crippen LogP contribution in [0, 0.1) is 0 Å². The van der Waals surface area contributed by atoms with Crippen LogP contribution in [-0.2, 0) is 16.3 Å². The quantitative estimate of drug-likeness (QED) is 0.611. The Labute approximate surface area is 199 Å². The first-order valence-electron chi connectivity index (χ1n) is 12.2. The molecule has 2 heterocycles. The van der Waals surface area contributed by atoms with Gasteiger partial charge in [0.05, 0.1) is 12.2 Å². The molecule has 2 fully saturated rings. The Balaban J connectivity index is 1.37. The van der Waals surface area contributed by atoms with E-state index in [1.54, 1.807) is 12.1 Å². The summed E-state index contributed by atoms with van der Waals surface area (Å²) in [6.45, 7) is 6.52. The number of piperidine rings is 2. The molecule has 4 rings (SSSR count). The SMILES string of the molecule is CCOCC1(c2ccc(C(=O)N3CCC(c4ccc(C(F)(F)F)cc4)CC3)cc2)CCNCC1. The van der Waals surface area contributed by atoms with Gasteiger partial charge in [-0.2, -0.15) is 13.2 Å². The molecule has 2 aliphatic rings. The number of nitrogens with one attached hydrogen (secondary N) is 1. The Morgan fingerprint density at radius 1 is 1.03 bits per heavy atom. The van der Waals surface area contributed by atoms with Crippen LogP contribution in [0.25, 0.3) is 0 Å². The minimum atomic E-state index is -4.32. The van der Waals surface area contributed by atoms with Gasteiger partial charge >= 0.3 is 6.18 Å². The van der Waals surface area contributed by atoms with Crippen molar-refractivity contribution in [3.8, 4) is 0 Å². The summed E-state index contributed by atoms with van der Waals surface area (Å²) in [5, 5.41) is 3.42. The van der Waals surface area contributed by atoms with Crippen LogP contribution >= 0.6 is 0 Å². The van der Waals surface area contributed by atoms with Gasteiger partial charge in [-0.1, -0.05) is 24.3 Å². The molecule has 2 saturated heterocycles. The molecule has 2 aromatic carbocycles. The number of alkyl halides is 3. The van der Waals surface area contributed by atoms with Crippen LogP contribution in [0.3, 0.4) is 0 Å². The first kappa shape index (κ1) is 24.7. The predicted octanol–water partition coefficient (Wildman–Crippen LogP) is 5.38. The third kappa shape index (κ3) is 5.47. The summed E-state index contributed by atoms with van der Waals surface area (Å²) in [5.74, 6) is 0.189. The predicted molar refractivity (Wildman–Crippen MR) is 126 cm³/mol. The third-order valence-corrected chi connectivity index (χ3v) is 7.38. The van der Waals surface area contributed by atoms with Crippen molar-refractivity contribution in [2.24, 2.45) is 0 Å². The summed E-state index contributed by atoms with van der Waals surface area (Å²) in [4.78, 5) is 15.0. The zero-order valence-corrected chi connectivity index (χ0v) is 19.7. The highest BCUT2D eigenvalue weighted by molar-refractivity contribution is 5.94. The summed E-state index contributed by atoms with van der Waals surface area (Å²) in [6, 6.07) is 13.4. The lowest BCUT2D eigenvalue weighted by Crippen LogP contribution is -2.43. The van der Waals surface area contributed by atoms with Crippen molar-refractivity contribution in [1.29, 1.82) is 0 Å². The first-order chi connectivity index (χ1) is 16.3. The molecule has 1 N–H and O–H groups in total. The maximum absolute atomic E-state index is 13.1. The second-order valence-corrected chi connectivity index (χ2v) is 9.43. The molecule has 0 spiro atoms. The van der Waals surface area contributed by atoms with Crippen molar-refractivity contribution in [2.45, 2.75) is 50.1 Å². The summed E-state index contributed by atoms with van der Waals surface area (Å²) >= 11 is 0. The van der Waals surface area contributed by atoms with E-state index in [0.717, 1.165) is 56.5 Å². The molecule has 0 atom stereocenters. The third-order valence-electron chi connectivity index (χ3n) is 7.38. The van der Waals surface area contributed by atoms with E-state index < -0.39 is 11.7 Å². The summed E-state index contributed by atoms with van der Waals surface area (Å²) < 4.78 is 44.3. The smallest absolute Gasteiger partial charge is 0.381 e. The highest BCUT2D eigenvalue weighted by atomic mass is 19.4. The lowest BCUT2D eigenvalue weighted by molar-refractivity contribution is -0.137. The number of likely N-dealkylation sites (tertiary alicyclic amines) is 1. The normalized spacial score (nSPS) is 19.2. The molecule has 2 aromatic rings. The lowest BCUT2D eigenvalue weighted by Gasteiger charge is -2.38. The Bertz CT molecular complexity index is 943. The highest BCUT2D eigenvalue weighted by Crippen LogP contribution is 2.35. The van der Waals surface area contributed by atoms with E-state index in [0.29, 0.717) is 31.9 Å². The van der Waals surface area contributed by atoms with Gasteiger partial charge in [0.1, 0.15) is 0 Å². The topological polar surface area (TPSA) is 41.6 Å². The second kappa shape index (κ2) is 10.5. The maximum Gasteiger partial charge on any atom is 0.416 e. The molecule has 0 saturated carbocycles. The van der Waals surface area contributed by atoms with E-state index in [1.165, 1.54) is 5.56 Å². The second-order valence-electron chi connectivity index (χ2n) is 9.43. The molecule has 4 nitrogen and oxygen atoms in total. The summed E-state index contributed by atoms with van der Waals surface area (Å²) in [7, 11) is 0. The number of carbonyl (C=O) groups is 1. The fourth-order valence-corrected chi connectivity index (χ4v) is 5.23. The van der Waals surface area contributed by atoms with Crippen LogP contribution in [0.1, 0.15) is 65.6 Å². The van der Waals surface area contributed by atoms with Gasteiger partial charge in [0, 0.05) is 30.7 Å². The number of nitrogens with zero attached hydrogens (tertiary/aromatic N) is 1. The molecule has 7 heteroatoms. The van der Waals surface area contributed by atoms with Crippen LogP contribution < -0.4 is 5.32 Å². The van der Waals surface area contributed by atoms with Crippen LogP contribution in [-0.4, -0.2) is 50.2 Å². The van der Waals surface area contributed by atoms with Gasteiger partial charge < -0.3 is 15.0 Å². The fourth-order valence-electron chi connectivity index (χ4n) is 5.23. The average molecular weight is 475 g/mol. The van der Waals surface area contributed by atoms with E-state index >= 15 is 0 Å². The van der Waals surface area contributed by atoms with E-state index in [4.69, 9.17) is 4.74 Å². The number of amides is 1. The molecule has 0 aromatic heterocycles. The van der Waals surface area contributed by atoms with Gasteiger partial charge in [0.15, 0.2) is 0 Å². The van der Waals surface area contributed by atoms with Crippen molar-refractivity contribution < 1.29 is 22.7 Å². The standard InChI is InChI=1S/C27H33F3N2O2/c1-2-34-19-26(13-15-31-16-14-26)23-7-5-22(6-8-23)25(33)32-17-11-21(12-18-32)20-3-9-24(10-4-20)27(28,29)30/h3-10,21,31H,2,11-19H2,1H3. The molecular weight excluding hydrogens is 441 g/mol. The number of benzene rings is 2. The molecule has 0 aliphatic carbocycles. The largest absolute Gasteiger partial charge is 0.416 e. The van der Waals surface area contributed by atoms with E-state index in [9.17, 15) is 18.0 Å². The molecule has 0 radical (unpaired) electrons. The Hall–Kier alpha value is -2.38. The van der Waals surface area contributed by atoms with Crippen molar-refractivity contribution in [1.82, 2.24) is 10.2 Å². The molecule has 34 heavy (non-hydrogen) atoms. The molecule has 0 bridgehead atoms. The number of halogens is 3. The zero-order chi connectivity index (χ0) is 24.2. The Kier molecular flexibility index (Phi) is 7.63. The van der Waals surface area contributed by atoms with E-state index in [1.807, 2.05) is 24.0 Å². The number of carbonyl (C=O) groups excluding carboxylic acids is 1. The number of ether oxygens (including phenoxy) is 1. The van der Waals surface area contributed by atoms with Crippen molar-refractivity contribution >= 4 is 5.91 Å². The minimum Gasteiger partial charge on any atom is -0.381 e. The van der Waals surface area contributed by atoms with E-state index in [-0.39, 0.29) is 17.2 Å². The highest BCUT2D eigenvalue weighted by Gasteiger charge is 2.35. The van der Waals surface area contributed by atoms with Gasteiger partial charge in [-0.25, -0.2) is 0 Å². The monoisotopic (exact) mass is 474 g/mol. The lowest BCUT2D eigenvalue weighted by atomic mass is 9.73. The molecule has 184 valence electrons. The van der Waals surface area contributed by atoms with Crippen LogP contribution in [0.5, 0.6) is 0 Å². The first-order valence-corrected chi connectivity index (χ1v) is 12.2. The Morgan fingerprint density at radius 3 is 2.21 bits per heavy atom.